The normalized spacial score (nSPS) is 11.0. The van der Waals surface area contributed by atoms with Gasteiger partial charge in [0.2, 0.25) is 0 Å². The molecule has 27 heavy (non-hydrogen) atoms. The molecule has 0 radical (unpaired) electrons. The lowest BCUT2D eigenvalue weighted by Gasteiger charge is -2.08. The summed E-state index contributed by atoms with van der Waals surface area (Å²) < 4.78 is 2.23. The van der Waals surface area contributed by atoms with E-state index in [1.165, 1.54) is 0 Å². The molecule has 2 heterocycles. The molecule has 136 valence electrons. The van der Waals surface area contributed by atoms with Crippen molar-refractivity contribution in [3.8, 4) is 5.69 Å². The number of para-hydroxylation sites is 3. The largest absolute Gasteiger partial charge is 0.351 e. The Morgan fingerprint density at radius 1 is 1.11 bits per heavy atom. The minimum Gasteiger partial charge on any atom is -0.351 e. The number of hydrogen-bond acceptors (Lipinski definition) is 3. The zero-order valence-corrected chi connectivity index (χ0v) is 15.4. The first-order valence-corrected chi connectivity index (χ1v) is 9.21. The number of imidazole rings is 2. The molecule has 0 unspecified atom stereocenters. The number of H-pyrrole nitrogens is 2. The molecular formula is C20H19N5OS. The summed E-state index contributed by atoms with van der Waals surface area (Å²) in [5, 5.41) is 2.96. The van der Waals surface area contributed by atoms with Crippen LogP contribution in [-0.4, -0.2) is 32.0 Å². The maximum absolute atomic E-state index is 12.6. The fourth-order valence-corrected chi connectivity index (χ4v) is 3.30. The predicted octanol–water partition coefficient (Wildman–Crippen LogP) is 3.77. The Labute approximate surface area is 161 Å². The maximum atomic E-state index is 12.6. The van der Waals surface area contributed by atoms with Crippen LogP contribution < -0.4 is 5.32 Å². The summed E-state index contributed by atoms with van der Waals surface area (Å²) >= 11 is 5.32. The minimum atomic E-state index is -0.157. The van der Waals surface area contributed by atoms with Crippen molar-refractivity contribution in [1.82, 2.24) is 24.8 Å². The van der Waals surface area contributed by atoms with Crippen LogP contribution >= 0.6 is 12.2 Å². The van der Waals surface area contributed by atoms with Gasteiger partial charge in [-0.2, -0.15) is 0 Å². The minimum absolute atomic E-state index is 0.157. The number of nitrogens with one attached hydrogen (secondary N) is 3. The van der Waals surface area contributed by atoms with Crippen LogP contribution in [0.15, 0.2) is 60.8 Å². The van der Waals surface area contributed by atoms with Gasteiger partial charge in [0.05, 0.1) is 11.0 Å². The number of nitrogens with zero attached hydrogens (tertiary/aromatic N) is 2. The highest BCUT2D eigenvalue weighted by atomic mass is 32.1. The Balaban J connectivity index is 1.38. The highest BCUT2D eigenvalue weighted by Crippen LogP contribution is 2.13. The van der Waals surface area contributed by atoms with E-state index in [0.29, 0.717) is 17.0 Å². The molecule has 0 bridgehead atoms. The number of benzene rings is 2. The number of hydrogen-bond donors (Lipinski definition) is 3. The van der Waals surface area contributed by atoms with E-state index in [1.54, 1.807) is 10.8 Å². The lowest BCUT2D eigenvalue weighted by molar-refractivity contribution is 0.0946. The quantitative estimate of drug-likeness (QED) is 0.353. The number of aryl methyl sites for hydroxylation is 1. The van der Waals surface area contributed by atoms with E-state index in [1.807, 2.05) is 54.6 Å². The van der Waals surface area contributed by atoms with Crippen LogP contribution in [0.5, 0.6) is 0 Å². The van der Waals surface area contributed by atoms with Gasteiger partial charge in [-0.1, -0.05) is 30.3 Å². The molecule has 0 spiro atoms. The van der Waals surface area contributed by atoms with Crippen molar-refractivity contribution in [2.24, 2.45) is 0 Å². The van der Waals surface area contributed by atoms with Gasteiger partial charge in [0.25, 0.3) is 5.91 Å². The van der Waals surface area contributed by atoms with E-state index < -0.39 is 0 Å². The molecule has 0 saturated carbocycles. The molecule has 0 fully saturated rings. The number of fused-ring (bicyclic) bond motifs is 1. The van der Waals surface area contributed by atoms with E-state index in [9.17, 15) is 4.79 Å². The van der Waals surface area contributed by atoms with Crippen LogP contribution in [0.4, 0.5) is 0 Å². The van der Waals surface area contributed by atoms with Gasteiger partial charge in [-0.15, -0.1) is 0 Å². The van der Waals surface area contributed by atoms with Crippen molar-refractivity contribution < 1.29 is 4.79 Å². The average molecular weight is 377 g/mol. The second-order valence-electron chi connectivity index (χ2n) is 6.21. The van der Waals surface area contributed by atoms with E-state index in [4.69, 9.17) is 12.2 Å². The maximum Gasteiger partial charge on any atom is 0.269 e. The lowest BCUT2D eigenvalue weighted by atomic mass is 10.3. The van der Waals surface area contributed by atoms with Crippen molar-refractivity contribution >= 4 is 29.2 Å². The summed E-state index contributed by atoms with van der Waals surface area (Å²) in [4.78, 5) is 23.4. The van der Waals surface area contributed by atoms with Gasteiger partial charge in [0, 0.05) is 24.8 Å². The van der Waals surface area contributed by atoms with Gasteiger partial charge >= 0.3 is 0 Å². The van der Waals surface area contributed by atoms with Gasteiger partial charge < -0.3 is 15.3 Å². The van der Waals surface area contributed by atoms with Crippen LogP contribution in [0.2, 0.25) is 0 Å². The third-order valence-electron chi connectivity index (χ3n) is 4.34. The molecule has 0 saturated heterocycles. The number of aromatic amines is 2. The number of carbonyl (C=O) groups excluding carboxylic acids is 1. The smallest absolute Gasteiger partial charge is 0.269 e. The van der Waals surface area contributed by atoms with Crippen molar-refractivity contribution in [2.45, 2.75) is 12.8 Å². The van der Waals surface area contributed by atoms with E-state index in [-0.39, 0.29) is 5.91 Å². The predicted molar refractivity (Wildman–Crippen MR) is 108 cm³/mol. The molecule has 0 atom stereocenters. The van der Waals surface area contributed by atoms with Gasteiger partial charge in [-0.05, 0) is 42.9 Å². The Morgan fingerprint density at radius 2 is 1.89 bits per heavy atom. The average Bonchev–Trinajstić information content (AvgIpc) is 3.28. The Kier molecular flexibility index (Phi) is 4.84. The number of amides is 1. The number of aromatic nitrogens is 4. The first-order valence-electron chi connectivity index (χ1n) is 8.80. The van der Waals surface area contributed by atoms with Crippen molar-refractivity contribution in [1.29, 1.82) is 0 Å². The summed E-state index contributed by atoms with van der Waals surface area (Å²) in [5.74, 6) is 0.773. The monoisotopic (exact) mass is 377 g/mol. The second kappa shape index (κ2) is 7.59. The van der Waals surface area contributed by atoms with Crippen molar-refractivity contribution in [2.75, 3.05) is 6.54 Å². The molecule has 3 N–H and O–H groups in total. The SMILES string of the molecule is O=C(NCCCc1nc2ccccc2[nH]1)c1c[nH]c(=S)n1-c1ccccc1. The lowest BCUT2D eigenvalue weighted by Crippen LogP contribution is -2.27. The van der Waals surface area contributed by atoms with E-state index >= 15 is 0 Å². The fraction of sp³-hybridized carbons (Fsp3) is 0.150. The van der Waals surface area contributed by atoms with Crippen molar-refractivity contribution in [3.05, 3.63) is 77.1 Å². The summed E-state index contributed by atoms with van der Waals surface area (Å²) in [6.07, 6.45) is 3.21. The molecule has 0 aliphatic heterocycles. The Morgan fingerprint density at radius 3 is 2.70 bits per heavy atom. The first-order chi connectivity index (χ1) is 13.2. The van der Waals surface area contributed by atoms with Crippen LogP contribution in [-0.2, 0) is 6.42 Å². The van der Waals surface area contributed by atoms with Gasteiger partial charge in [0.1, 0.15) is 11.5 Å². The summed E-state index contributed by atoms with van der Waals surface area (Å²) in [6.45, 7) is 0.558. The van der Waals surface area contributed by atoms with Crippen LogP contribution in [0.25, 0.3) is 16.7 Å². The Hall–Kier alpha value is -3.19. The number of carbonyl (C=O) groups is 1. The standard InChI is InChI=1S/C20H19N5OS/c26-19(17-13-22-20(27)25(17)14-7-2-1-3-8-14)21-12-6-11-18-23-15-9-4-5-10-16(15)24-18/h1-5,7-10,13H,6,11-12H2,(H,21,26)(H,22,27)(H,23,24). The summed E-state index contributed by atoms with van der Waals surface area (Å²) in [6, 6.07) is 17.5. The molecule has 1 amide bonds. The Bertz CT molecular complexity index is 1090. The molecule has 6 nitrogen and oxygen atoms in total. The van der Waals surface area contributed by atoms with Gasteiger partial charge in [0.15, 0.2) is 4.77 Å². The zero-order valence-electron chi connectivity index (χ0n) is 14.6. The first kappa shape index (κ1) is 17.2. The molecular weight excluding hydrogens is 358 g/mol. The summed E-state index contributed by atoms with van der Waals surface area (Å²) in [5.41, 5.74) is 3.35. The fourth-order valence-electron chi connectivity index (χ4n) is 3.04. The van der Waals surface area contributed by atoms with Gasteiger partial charge in [-0.25, -0.2) is 4.98 Å². The molecule has 0 aliphatic carbocycles. The van der Waals surface area contributed by atoms with Gasteiger partial charge in [-0.3, -0.25) is 9.36 Å². The third kappa shape index (κ3) is 3.68. The molecule has 0 aliphatic rings. The highest BCUT2D eigenvalue weighted by Gasteiger charge is 2.13. The molecule has 2 aromatic heterocycles. The van der Waals surface area contributed by atoms with E-state index in [2.05, 4.69) is 20.3 Å². The molecule has 7 heteroatoms. The summed E-state index contributed by atoms with van der Waals surface area (Å²) in [7, 11) is 0. The van der Waals surface area contributed by atoms with E-state index in [0.717, 1.165) is 35.4 Å². The topological polar surface area (TPSA) is 78.5 Å². The van der Waals surface area contributed by atoms with Crippen LogP contribution in [0, 0.1) is 4.77 Å². The van der Waals surface area contributed by atoms with Crippen LogP contribution in [0.1, 0.15) is 22.7 Å². The zero-order chi connectivity index (χ0) is 18.6. The molecule has 4 rings (SSSR count). The third-order valence-corrected chi connectivity index (χ3v) is 4.64. The van der Waals surface area contributed by atoms with Crippen LogP contribution in [0.3, 0.4) is 0 Å². The molecule has 4 aromatic rings. The number of rotatable bonds is 6. The highest BCUT2D eigenvalue weighted by molar-refractivity contribution is 7.71. The molecule has 2 aromatic carbocycles. The second-order valence-corrected chi connectivity index (χ2v) is 6.60. The van der Waals surface area contributed by atoms with Crippen molar-refractivity contribution in [3.63, 3.8) is 0 Å².